The number of rotatable bonds is 9. The maximum absolute atomic E-state index is 12.3. The van der Waals surface area contributed by atoms with Crippen LogP contribution in [0.5, 0.6) is 0 Å². The lowest BCUT2D eigenvalue weighted by Gasteiger charge is -2.27. The van der Waals surface area contributed by atoms with Crippen molar-refractivity contribution in [1.82, 2.24) is 25.3 Å². The highest BCUT2D eigenvalue weighted by molar-refractivity contribution is 5.90. The van der Waals surface area contributed by atoms with Crippen LogP contribution >= 0.6 is 24.8 Å². The third-order valence-electron chi connectivity index (χ3n) is 4.80. The fourth-order valence-corrected chi connectivity index (χ4v) is 3.22. The topological polar surface area (TPSA) is 91.3 Å². The Bertz CT molecular complexity index is 590. The highest BCUT2D eigenvalue weighted by atomic mass is 35.5. The Balaban J connectivity index is 0.00000364. The van der Waals surface area contributed by atoms with Gasteiger partial charge in [-0.2, -0.15) is 5.10 Å². The van der Waals surface area contributed by atoms with Gasteiger partial charge in [0.1, 0.15) is 6.54 Å². The molecule has 2 heterocycles. The number of aromatic nitrogens is 2. The Hall–Kier alpha value is -1.35. The smallest absolute Gasteiger partial charge is 0.241 e. The van der Waals surface area contributed by atoms with Crippen molar-refractivity contribution in [3.63, 3.8) is 0 Å². The van der Waals surface area contributed by atoms with Crippen LogP contribution in [-0.4, -0.2) is 66.8 Å². The van der Waals surface area contributed by atoms with E-state index in [1.165, 1.54) is 4.68 Å². The van der Waals surface area contributed by atoms with Crippen molar-refractivity contribution in [2.24, 2.45) is 11.8 Å². The molecule has 3 N–H and O–H groups in total. The monoisotopic (exact) mass is 436 g/mol. The van der Waals surface area contributed by atoms with Gasteiger partial charge < -0.3 is 20.9 Å². The van der Waals surface area contributed by atoms with Crippen molar-refractivity contribution in [1.29, 1.82) is 0 Å². The molecule has 0 aliphatic carbocycles. The molecule has 1 unspecified atom stereocenters. The van der Waals surface area contributed by atoms with Crippen LogP contribution in [-0.2, 0) is 16.1 Å². The Morgan fingerprint density at radius 1 is 1.29 bits per heavy atom. The second kappa shape index (κ2) is 13.8. The van der Waals surface area contributed by atoms with E-state index in [4.69, 9.17) is 0 Å². The molecule has 1 aliphatic rings. The molecule has 1 aliphatic heterocycles. The summed E-state index contributed by atoms with van der Waals surface area (Å²) in [6, 6.07) is 0. The summed E-state index contributed by atoms with van der Waals surface area (Å²) in [7, 11) is 3.92. The van der Waals surface area contributed by atoms with E-state index in [9.17, 15) is 9.59 Å². The Morgan fingerprint density at radius 2 is 1.96 bits per heavy atom. The van der Waals surface area contributed by atoms with E-state index >= 15 is 0 Å². The molecule has 0 aromatic carbocycles. The fourth-order valence-electron chi connectivity index (χ4n) is 3.22. The molecule has 0 saturated carbocycles. The number of nitrogens with zero attached hydrogens (tertiary/aromatic N) is 3. The summed E-state index contributed by atoms with van der Waals surface area (Å²) >= 11 is 0. The molecule has 0 spiro atoms. The van der Waals surface area contributed by atoms with E-state index < -0.39 is 0 Å². The first-order valence-corrected chi connectivity index (χ1v) is 9.38. The summed E-state index contributed by atoms with van der Waals surface area (Å²) in [5, 5.41) is 13.2. The summed E-state index contributed by atoms with van der Waals surface area (Å²) in [6.45, 7) is 5.78. The summed E-state index contributed by atoms with van der Waals surface area (Å²) < 4.78 is 1.54. The molecule has 10 heteroatoms. The largest absolute Gasteiger partial charge is 0.353 e. The van der Waals surface area contributed by atoms with Crippen LogP contribution in [0.4, 0.5) is 5.69 Å². The van der Waals surface area contributed by atoms with Crippen LogP contribution in [0, 0.1) is 11.8 Å². The first-order chi connectivity index (χ1) is 12.4. The van der Waals surface area contributed by atoms with Crippen molar-refractivity contribution >= 4 is 42.3 Å². The van der Waals surface area contributed by atoms with Crippen molar-refractivity contribution < 1.29 is 9.59 Å². The Kier molecular flexibility index (Phi) is 13.1. The molecular formula is C18H34Cl2N6O2. The van der Waals surface area contributed by atoms with Crippen molar-refractivity contribution in [3.8, 4) is 0 Å². The number of carbonyl (C=O) groups excluding carboxylic acids is 2. The SMILES string of the molecule is CC(CC(=O)Nc1cnn(CC(=O)NCCN(C)C)c1)C1CCNCC1.Cl.Cl. The van der Waals surface area contributed by atoms with Crippen molar-refractivity contribution in [2.45, 2.75) is 32.7 Å². The van der Waals surface area contributed by atoms with Crippen LogP contribution in [0.3, 0.4) is 0 Å². The zero-order chi connectivity index (χ0) is 18.9. The molecule has 0 radical (unpaired) electrons. The van der Waals surface area contributed by atoms with Gasteiger partial charge in [0.15, 0.2) is 0 Å². The number of amides is 2. The van der Waals surface area contributed by atoms with Gasteiger partial charge in [-0.25, -0.2) is 0 Å². The highest BCUT2D eigenvalue weighted by Crippen LogP contribution is 2.24. The minimum absolute atomic E-state index is 0. The first-order valence-electron chi connectivity index (χ1n) is 9.38. The molecule has 2 amide bonds. The summed E-state index contributed by atoms with van der Waals surface area (Å²) in [5.74, 6) is 0.892. The summed E-state index contributed by atoms with van der Waals surface area (Å²) in [6.07, 6.45) is 6.06. The third-order valence-corrected chi connectivity index (χ3v) is 4.80. The molecule has 162 valence electrons. The number of nitrogens with one attached hydrogen (secondary N) is 3. The van der Waals surface area contributed by atoms with Crippen LogP contribution < -0.4 is 16.0 Å². The molecule has 28 heavy (non-hydrogen) atoms. The maximum Gasteiger partial charge on any atom is 0.241 e. The molecule has 1 aromatic rings. The first kappa shape index (κ1) is 26.6. The summed E-state index contributed by atoms with van der Waals surface area (Å²) in [4.78, 5) is 26.1. The van der Waals surface area contributed by atoms with Gasteiger partial charge >= 0.3 is 0 Å². The van der Waals surface area contributed by atoms with Gasteiger partial charge in [0, 0.05) is 25.7 Å². The molecule has 1 aromatic heterocycles. The van der Waals surface area contributed by atoms with Gasteiger partial charge in [-0.15, -0.1) is 24.8 Å². The molecule has 0 bridgehead atoms. The predicted octanol–water partition coefficient (Wildman–Crippen LogP) is 1.37. The summed E-state index contributed by atoms with van der Waals surface area (Å²) in [5.41, 5.74) is 0.633. The predicted molar refractivity (Wildman–Crippen MR) is 116 cm³/mol. The third kappa shape index (κ3) is 9.73. The Morgan fingerprint density at radius 3 is 2.61 bits per heavy atom. The lowest BCUT2D eigenvalue weighted by atomic mass is 9.84. The van der Waals surface area contributed by atoms with Crippen LogP contribution in [0.2, 0.25) is 0 Å². The second-order valence-corrected chi connectivity index (χ2v) is 7.40. The second-order valence-electron chi connectivity index (χ2n) is 7.40. The lowest BCUT2D eigenvalue weighted by molar-refractivity contribution is -0.122. The van der Waals surface area contributed by atoms with Gasteiger partial charge in [-0.3, -0.25) is 14.3 Å². The molecule has 1 fully saturated rings. The number of likely N-dealkylation sites (N-methyl/N-ethyl adjacent to an activating group) is 1. The van der Waals surface area contributed by atoms with Gasteiger partial charge in [0.25, 0.3) is 0 Å². The number of carbonyl (C=O) groups is 2. The standard InChI is InChI=1S/C18H32N6O2.2ClH/c1-14(15-4-6-19-7-5-15)10-17(25)22-16-11-21-24(12-16)13-18(26)20-8-9-23(2)3;;/h11-12,14-15,19H,4-10,13H2,1-3H3,(H,20,26)(H,22,25);2*1H. The zero-order valence-electron chi connectivity index (χ0n) is 16.9. The van der Waals surface area contributed by atoms with E-state index in [-0.39, 0.29) is 43.2 Å². The average molecular weight is 437 g/mol. The zero-order valence-corrected chi connectivity index (χ0v) is 18.6. The van der Waals surface area contributed by atoms with Crippen LogP contribution in [0.25, 0.3) is 0 Å². The van der Waals surface area contributed by atoms with Crippen molar-refractivity contribution in [3.05, 3.63) is 12.4 Å². The van der Waals surface area contributed by atoms with Gasteiger partial charge in [-0.1, -0.05) is 6.92 Å². The average Bonchev–Trinajstić information content (AvgIpc) is 3.01. The van der Waals surface area contributed by atoms with Gasteiger partial charge in [-0.05, 0) is 51.9 Å². The minimum Gasteiger partial charge on any atom is -0.353 e. The normalized spacial score (nSPS) is 15.3. The number of hydrogen-bond donors (Lipinski definition) is 3. The molecular weight excluding hydrogens is 403 g/mol. The lowest BCUT2D eigenvalue weighted by Crippen LogP contribution is -2.33. The maximum atomic E-state index is 12.3. The number of anilines is 1. The Labute approximate surface area is 180 Å². The number of piperidine rings is 1. The number of hydrogen-bond acceptors (Lipinski definition) is 5. The van der Waals surface area contributed by atoms with E-state index in [0.717, 1.165) is 32.5 Å². The van der Waals surface area contributed by atoms with Crippen LogP contribution in [0.1, 0.15) is 26.2 Å². The fraction of sp³-hybridized carbons (Fsp3) is 0.722. The van der Waals surface area contributed by atoms with E-state index in [0.29, 0.717) is 30.5 Å². The minimum atomic E-state index is -0.0904. The quantitative estimate of drug-likeness (QED) is 0.543. The molecule has 2 rings (SSSR count). The van der Waals surface area contributed by atoms with E-state index in [2.05, 4.69) is 28.0 Å². The van der Waals surface area contributed by atoms with Crippen LogP contribution in [0.15, 0.2) is 12.4 Å². The highest BCUT2D eigenvalue weighted by Gasteiger charge is 2.22. The van der Waals surface area contributed by atoms with E-state index in [1.807, 2.05) is 19.0 Å². The van der Waals surface area contributed by atoms with Gasteiger partial charge in [0.05, 0.1) is 11.9 Å². The molecule has 1 saturated heterocycles. The molecule has 1 atom stereocenters. The molecule has 8 nitrogen and oxygen atoms in total. The van der Waals surface area contributed by atoms with E-state index in [1.54, 1.807) is 12.4 Å². The van der Waals surface area contributed by atoms with Gasteiger partial charge in [0.2, 0.25) is 11.8 Å². The van der Waals surface area contributed by atoms with Crippen molar-refractivity contribution in [2.75, 3.05) is 45.6 Å². The number of halogens is 2.